The summed E-state index contributed by atoms with van der Waals surface area (Å²) in [4.78, 5) is 13.0. The van der Waals surface area contributed by atoms with Crippen molar-refractivity contribution in [2.24, 2.45) is 0 Å². The Morgan fingerprint density at radius 3 is 2.48 bits per heavy atom. The van der Waals surface area contributed by atoms with E-state index >= 15 is 0 Å². The summed E-state index contributed by atoms with van der Waals surface area (Å²) in [5.41, 5.74) is 0.861. The van der Waals surface area contributed by atoms with Crippen molar-refractivity contribution in [1.29, 1.82) is 0 Å². The first kappa shape index (κ1) is 22.7. The number of benzene rings is 3. The second-order valence-corrected chi connectivity index (χ2v) is 7.90. The van der Waals surface area contributed by atoms with Crippen LogP contribution >= 0.6 is 11.6 Å². The molecule has 4 nitrogen and oxygen atoms in total. The highest BCUT2D eigenvalue weighted by Crippen LogP contribution is 2.39. The molecule has 0 spiro atoms. The van der Waals surface area contributed by atoms with Crippen LogP contribution in [0.3, 0.4) is 0 Å². The average molecular weight is 475 g/mol. The van der Waals surface area contributed by atoms with Crippen LogP contribution < -0.4 is 14.9 Å². The zero-order valence-corrected chi connectivity index (χ0v) is 18.4. The highest BCUT2D eigenvalue weighted by molar-refractivity contribution is 6.31. The SMILES string of the molecule is Cc1ccc(C)c(Oc2c(C(F)(F)F)oc3cc(OCc4ccccc4Cl)ccc3c2=O)c1. The van der Waals surface area contributed by atoms with E-state index in [4.69, 9.17) is 25.5 Å². The molecule has 0 aliphatic heterocycles. The molecule has 0 saturated heterocycles. The molecule has 0 amide bonds. The minimum Gasteiger partial charge on any atom is -0.489 e. The van der Waals surface area contributed by atoms with E-state index in [2.05, 4.69) is 0 Å². The molecule has 4 aromatic rings. The molecule has 0 radical (unpaired) electrons. The van der Waals surface area contributed by atoms with Crippen LogP contribution in [0.2, 0.25) is 5.02 Å². The maximum atomic E-state index is 13.8. The average Bonchev–Trinajstić information content (AvgIpc) is 2.76. The Balaban J connectivity index is 1.76. The highest BCUT2D eigenvalue weighted by Gasteiger charge is 2.40. The summed E-state index contributed by atoms with van der Waals surface area (Å²) in [7, 11) is 0. The van der Waals surface area contributed by atoms with Gasteiger partial charge < -0.3 is 13.9 Å². The molecule has 0 aliphatic carbocycles. The normalized spacial score (nSPS) is 11.6. The molecule has 170 valence electrons. The molecular formula is C25H18ClF3O4. The van der Waals surface area contributed by atoms with Crippen LogP contribution in [0.5, 0.6) is 17.2 Å². The van der Waals surface area contributed by atoms with Crippen LogP contribution in [0.4, 0.5) is 13.2 Å². The van der Waals surface area contributed by atoms with E-state index in [1.165, 1.54) is 18.2 Å². The van der Waals surface area contributed by atoms with Gasteiger partial charge in [-0.1, -0.05) is 41.9 Å². The third-order valence-electron chi connectivity index (χ3n) is 4.99. The number of alkyl halides is 3. The maximum Gasteiger partial charge on any atom is 0.453 e. The fourth-order valence-corrected chi connectivity index (χ4v) is 3.42. The quantitative estimate of drug-likeness (QED) is 0.301. The monoisotopic (exact) mass is 474 g/mol. The molecule has 1 aromatic heterocycles. The van der Waals surface area contributed by atoms with E-state index < -0.39 is 23.1 Å². The Morgan fingerprint density at radius 1 is 1.00 bits per heavy atom. The van der Waals surface area contributed by atoms with E-state index in [0.29, 0.717) is 16.1 Å². The molecule has 0 bridgehead atoms. The van der Waals surface area contributed by atoms with Gasteiger partial charge in [0.1, 0.15) is 23.7 Å². The lowest BCUT2D eigenvalue weighted by Gasteiger charge is -2.15. The second-order valence-electron chi connectivity index (χ2n) is 7.50. The van der Waals surface area contributed by atoms with E-state index in [9.17, 15) is 18.0 Å². The fourth-order valence-electron chi connectivity index (χ4n) is 3.23. The molecule has 0 N–H and O–H groups in total. The standard InChI is InChI=1S/C25H18ClF3O4/c1-14-7-8-15(2)20(11-14)32-23-22(30)18-10-9-17(12-21(18)33-24(23)25(27,28)29)31-13-16-5-3-4-6-19(16)26/h3-12H,13H2,1-2H3. The summed E-state index contributed by atoms with van der Waals surface area (Å²) in [5, 5.41) is 0.436. The zero-order chi connectivity index (χ0) is 23.8. The Morgan fingerprint density at radius 2 is 1.76 bits per heavy atom. The number of halogens is 4. The van der Waals surface area contributed by atoms with Crippen molar-refractivity contribution in [1.82, 2.24) is 0 Å². The number of hydrogen-bond acceptors (Lipinski definition) is 4. The van der Waals surface area contributed by atoms with Crippen molar-refractivity contribution >= 4 is 22.6 Å². The Labute approximate surface area is 192 Å². The van der Waals surface area contributed by atoms with Gasteiger partial charge >= 0.3 is 6.18 Å². The molecular weight excluding hydrogens is 457 g/mol. The van der Waals surface area contributed by atoms with E-state index in [1.54, 1.807) is 56.3 Å². The van der Waals surface area contributed by atoms with Crippen molar-refractivity contribution in [3.8, 4) is 17.2 Å². The summed E-state index contributed by atoms with van der Waals surface area (Å²) in [6.45, 7) is 3.53. The van der Waals surface area contributed by atoms with Gasteiger partial charge in [-0.05, 0) is 49.2 Å². The van der Waals surface area contributed by atoms with E-state index in [1.807, 2.05) is 0 Å². The lowest BCUT2D eigenvalue weighted by Crippen LogP contribution is -2.15. The molecule has 8 heteroatoms. The first-order chi connectivity index (χ1) is 15.6. The minimum absolute atomic E-state index is 0.0617. The maximum absolute atomic E-state index is 13.8. The lowest BCUT2D eigenvalue weighted by atomic mass is 10.1. The largest absolute Gasteiger partial charge is 0.489 e. The van der Waals surface area contributed by atoms with Gasteiger partial charge in [-0.2, -0.15) is 13.2 Å². The number of fused-ring (bicyclic) bond motifs is 1. The number of ether oxygens (including phenoxy) is 2. The summed E-state index contributed by atoms with van der Waals surface area (Å²) in [5.74, 6) is -2.05. The predicted octanol–water partition coefficient (Wildman–Crippen LogP) is 7.45. The third kappa shape index (κ3) is 4.83. The van der Waals surface area contributed by atoms with Gasteiger partial charge in [0.2, 0.25) is 11.2 Å². The van der Waals surface area contributed by atoms with Gasteiger partial charge in [0.15, 0.2) is 0 Å². The Kier molecular flexibility index (Phi) is 6.08. The van der Waals surface area contributed by atoms with Gasteiger partial charge in [-0.25, -0.2) is 0 Å². The molecule has 0 fully saturated rings. The van der Waals surface area contributed by atoms with Crippen molar-refractivity contribution < 1.29 is 27.1 Å². The molecule has 1 heterocycles. The first-order valence-electron chi connectivity index (χ1n) is 9.93. The van der Waals surface area contributed by atoms with Crippen LogP contribution in [-0.4, -0.2) is 0 Å². The molecule has 33 heavy (non-hydrogen) atoms. The summed E-state index contributed by atoms with van der Waals surface area (Å²) in [6.07, 6.45) is -4.95. The van der Waals surface area contributed by atoms with Crippen LogP contribution in [-0.2, 0) is 12.8 Å². The number of rotatable bonds is 5. The fraction of sp³-hybridized carbons (Fsp3) is 0.160. The van der Waals surface area contributed by atoms with Gasteiger partial charge in [-0.15, -0.1) is 0 Å². The predicted molar refractivity (Wildman–Crippen MR) is 119 cm³/mol. The van der Waals surface area contributed by atoms with E-state index in [0.717, 1.165) is 5.56 Å². The van der Waals surface area contributed by atoms with Crippen molar-refractivity contribution in [2.75, 3.05) is 0 Å². The van der Waals surface area contributed by atoms with Crippen LogP contribution in [0.1, 0.15) is 22.5 Å². The number of aryl methyl sites for hydroxylation is 2. The van der Waals surface area contributed by atoms with Crippen LogP contribution in [0.15, 0.2) is 69.9 Å². The first-order valence-corrected chi connectivity index (χ1v) is 10.3. The van der Waals surface area contributed by atoms with Gasteiger partial charge in [0.05, 0.1) is 5.39 Å². The summed E-state index contributed by atoms with van der Waals surface area (Å²) < 4.78 is 57.6. The highest BCUT2D eigenvalue weighted by atomic mass is 35.5. The molecule has 0 aliphatic rings. The zero-order valence-electron chi connectivity index (χ0n) is 17.6. The van der Waals surface area contributed by atoms with E-state index in [-0.39, 0.29) is 29.1 Å². The van der Waals surface area contributed by atoms with Crippen molar-refractivity contribution in [3.05, 3.63) is 98.4 Å². The minimum atomic E-state index is -4.95. The lowest BCUT2D eigenvalue weighted by molar-refractivity contribution is -0.154. The van der Waals surface area contributed by atoms with Gasteiger partial charge in [0, 0.05) is 16.7 Å². The van der Waals surface area contributed by atoms with Gasteiger partial charge in [0.25, 0.3) is 5.76 Å². The molecule has 0 unspecified atom stereocenters. The Hall–Kier alpha value is -3.45. The smallest absolute Gasteiger partial charge is 0.453 e. The molecule has 4 rings (SSSR count). The molecule has 0 atom stereocenters. The third-order valence-corrected chi connectivity index (χ3v) is 5.36. The van der Waals surface area contributed by atoms with Crippen LogP contribution in [0.25, 0.3) is 11.0 Å². The summed E-state index contributed by atoms with van der Waals surface area (Å²) >= 11 is 6.10. The molecule has 3 aromatic carbocycles. The number of hydrogen-bond donors (Lipinski definition) is 0. The van der Waals surface area contributed by atoms with Gasteiger partial charge in [-0.3, -0.25) is 4.79 Å². The summed E-state index contributed by atoms with van der Waals surface area (Å²) in [6, 6.07) is 16.1. The second kappa shape index (κ2) is 8.83. The van der Waals surface area contributed by atoms with Crippen molar-refractivity contribution in [3.63, 3.8) is 0 Å². The van der Waals surface area contributed by atoms with Crippen LogP contribution in [0, 0.1) is 13.8 Å². The van der Waals surface area contributed by atoms with Crippen molar-refractivity contribution in [2.45, 2.75) is 26.6 Å². The Bertz CT molecular complexity index is 1390. The topological polar surface area (TPSA) is 48.7 Å². The molecule has 0 saturated carbocycles.